The Morgan fingerprint density at radius 2 is 1.08 bits per heavy atom. The van der Waals surface area contributed by atoms with E-state index in [1.807, 2.05) is 12.4 Å². The normalized spacial score (nSPS) is 15.1. The third kappa shape index (κ3) is 6.10. The molecular formula is C28H30N4O4. The summed E-state index contributed by atoms with van der Waals surface area (Å²) >= 11 is 0. The van der Waals surface area contributed by atoms with Crippen LogP contribution in [0.15, 0.2) is 73.1 Å². The second kappa shape index (κ2) is 12.0. The standard InChI is InChI=1S/2C13H14N2.C2H2O4/c2*1-4-11(10-3-2-7-14-9-10)12-6-8-15-13(12)5-1;3-1(4)2(5)6/h2*1,3-6,8,14-15H,2,7,9H2;(H,3,4)(H,5,6). The van der Waals surface area contributed by atoms with Crippen LogP contribution in [0.3, 0.4) is 0 Å². The summed E-state index contributed by atoms with van der Waals surface area (Å²) in [6.45, 7) is 4.19. The number of fused-ring (bicyclic) bond motifs is 2. The minimum Gasteiger partial charge on any atom is -0.473 e. The van der Waals surface area contributed by atoms with Gasteiger partial charge in [-0.1, -0.05) is 36.4 Å². The van der Waals surface area contributed by atoms with Gasteiger partial charge in [-0.15, -0.1) is 0 Å². The van der Waals surface area contributed by atoms with Crippen LogP contribution in [0.1, 0.15) is 24.0 Å². The van der Waals surface area contributed by atoms with Gasteiger partial charge in [-0.05, 0) is 72.5 Å². The second-order valence-electron chi connectivity index (χ2n) is 8.49. The van der Waals surface area contributed by atoms with Crippen molar-refractivity contribution in [2.75, 3.05) is 26.2 Å². The van der Waals surface area contributed by atoms with Gasteiger partial charge < -0.3 is 30.8 Å². The van der Waals surface area contributed by atoms with Crippen molar-refractivity contribution < 1.29 is 19.8 Å². The molecule has 2 aromatic carbocycles. The zero-order valence-corrected chi connectivity index (χ0v) is 19.9. The van der Waals surface area contributed by atoms with E-state index in [0.29, 0.717) is 0 Å². The Morgan fingerprint density at radius 1 is 0.639 bits per heavy atom. The first-order chi connectivity index (χ1) is 17.5. The molecule has 4 aromatic rings. The van der Waals surface area contributed by atoms with Crippen LogP contribution >= 0.6 is 0 Å². The number of carboxylic acid groups (broad SMARTS) is 2. The highest BCUT2D eigenvalue weighted by Gasteiger charge is 2.10. The lowest BCUT2D eigenvalue weighted by molar-refractivity contribution is -0.159. The Balaban J connectivity index is 0.000000139. The molecule has 36 heavy (non-hydrogen) atoms. The highest BCUT2D eigenvalue weighted by molar-refractivity contribution is 6.27. The zero-order valence-electron chi connectivity index (χ0n) is 19.9. The van der Waals surface area contributed by atoms with Crippen molar-refractivity contribution in [1.82, 2.24) is 20.6 Å². The number of rotatable bonds is 2. The summed E-state index contributed by atoms with van der Waals surface area (Å²) in [6.07, 6.45) is 11.0. The van der Waals surface area contributed by atoms with Crippen molar-refractivity contribution in [2.45, 2.75) is 12.8 Å². The van der Waals surface area contributed by atoms with Gasteiger partial charge in [0.1, 0.15) is 0 Å². The highest BCUT2D eigenvalue weighted by atomic mass is 16.4. The van der Waals surface area contributed by atoms with Gasteiger partial charge in [0.2, 0.25) is 0 Å². The quantitative estimate of drug-likeness (QED) is 0.235. The largest absolute Gasteiger partial charge is 0.473 e. The molecule has 0 spiro atoms. The maximum atomic E-state index is 9.10. The first-order valence-electron chi connectivity index (χ1n) is 11.9. The molecule has 0 unspecified atom stereocenters. The second-order valence-corrected chi connectivity index (χ2v) is 8.49. The van der Waals surface area contributed by atoms with Crippen LogP contribution in [0.4, 0.5) is 0 Å². The number of carbonyl (C=O) groups is 2. The summed E-state index contributed by atoms with van der Waals surface area (Å²) < 4.78 is 0. The predicted molar refractivity (Wildman–Crippen MR) is 143 cm³/mol. The average molecular weight is 487 g/mol. The molecule has 0 saturated carbocycles. The highest BCUT2D eigenvalue weighted by Crippen LogP contribution is 2.26. The third-order valence-electron chi connectivity index (χ3n) is 6.12. The Kier molecular flexibility index (Phi) is 8.33. The molecule has 0 atom stereocenters. The van der Waals surface area contributed by atoms with Crippen molar-refractivity contribution in [2.24, 2.45) is 0 Å². The maximum absolute atomic E-state index is 9.10. The number of hydrogen-bond acceptors (Lipinski definition) is 4. The number of aromatic nitrogens is 2. The van der Waals surface area contributed by atoms with Crippen LogP contribution < -0.4 is 10.6 Å². The summed E-state index contributed by atoms with van der Waals surface area (Å²) in [6, 6.07) is 17.2. The molecule has 186 valence electrons. The van der Waals surface area contributed by atoms with E-state index in [9.17, 15) is 0 Å². The number of nitrogens with one attached hydrogen (secondary N) is 4. The molecule has 0 saturated heterocycles. The number of aliphatic carboxylic acids is 2. The topological polar surface area (TPSA) is 130 Å². The number of aromatic amines is 2. The maximum Gasteiger partial charge on any atom is 0.414 e. The molecule has 6 rings (SSSR count). The molecule has 8 heteroatoms. The molecule has 0 bridgehead atoms. The van der Waals surface area contributed by atoms with Gasteiger partial charge in [0.05, 0.1) is 0 Å². The third-order valence-corrected chi connectivity index (χ3v) is 6.12. The summed E-state index contributed by atoms with van der Waals surface area (Å²) in [5, 5.41) is 24.3. The Morgan fingerprint density at radius 3 is 1.44 bits per heavy atom. The lowest BCUT2D eigenvalue weighted by atomic mass is 9.99. The monoisotopic (exact) mass is 486 g/mol. The number of hydrogen-bond donors (Lipinski definition) is 6. The summed E-state index contributed by atoms with van der Waals surface area (Å²) in [5.74, 6) is -3.65. The Bertz CT molecular complexity index is 1310. The van der Waals surface area contributed by atoms with E-state index in [1.165, 1.54) is 44.1 Å². The van der Waals surface area contributed by atoms with Crippen molar-refractivity contribution in [3.8, 4) is 0 Å². The van der Waals surface area contributed by atoms with Gasteiger partial charge >= 0.3 is 11.9 Å². The molecule has 0 amide bonds. The van der Waals surface area contributed by atoms with Crippen LogP contribution in [0.2, 0.25) is 0 Å². The van der Waals surface area contributed by atoms with Gasteiger partial charge in [-0.2, -0.15) is 0 Å². The number of carboxylic acids is 2. The van der Waals surface area contributed by atoms with Gasteiger partial charge in [-0.3, -0.25) is 0 Å². The van der Waals surface area contributed by atoms with Crippen LogP contribution in [-0.2, 0) is 9.59 Å². The van der Waals surface area contributed by atoms with E-state index in [1.54, 1.807) is 0 Å². The van der Waals surface area contributed by atoms with Crippen molar-refractivity contribution in [3.05, 3.63) is 84.2 Å². The van der Waals surface area contributed by atoms with Gasteiger partial charge in [-0.25, -0.2) is 9.59 Å². The Hall–Kier alpha value is -4.14. The fourth-order valence-corrected chi connectivity index (χ4v) is 4.43. The number of benzene rings is 2. The fourth-order valence-electron chi connectivity index (χ4n) is 4.43. The summed E-state index contributed by atoms with van der Waals surface area (Å²) in [5.41, 5.74) is 8.01. The van der Waals surface area contributed by atoms with Crippen LogP contribution in [0.5, 0.6) is 0 Å². The molecule has 0 radical (unpaired) electrons. The molecule has 8 nitrogen and oxygen atoms in total. The molecule has 0 aliphatic carbocycles. The smallest absolute Gasteiger partial charge is 0.414 e. The van der Waals surface area contributed by atoms with Crippen LogP contribution in [0.25, 0.3) is 33.0 Å². The lowest BCUT2D eigenvalue weighted by Gasteiger charge is -2.15. The van der Waals surface area contributed by atoms with Crippen LogP contribution in [0, 0.1) is 0 Å². The minimum absolute atomic E-state index is 0.990. The van der Waals surface area contributed by atoms with Crippen LogP contribution in [-0.4, -0.2) is 58.3 Å². The molecule has 6 N–H and O–H groups in total. The van der Waals surface area contributed by atoms with Gasteiger partial charge in [0.25, 0.3) is 0 Å². The fraction of sp³-hybridized carbons (Fsp3) is 0.214. The van der Waals surface area contributed by atoms with Crippen molar-refractivity contribution in [3.63, 3.8) is 0 Å². The Labute approximate surface area is 208 Å². The molecule has 2 aliphatic rings. The van der Waals surface area contributed by atoms with E-state index < -0.39 is 11.9 Å². The van der Waals surface area contributed by atoms with E-state index in [2.05, 4.69) is 81.3 Å². The SMILES string of the molecule is C1=C(c2cccc3[nH]ccc23)CNCC1.C1=C(c2cccc3[nH]ccc23)CNCC1.O=C(O)C(=O)O. The molecule has 2 aliphatic heterocycles. The van der Waals surface area contributed by atoms with E-state index in [4.69, 9.17) is 19.8 Å². The average Bonchev–Trinajstić information content (AvgIpc) is 3.60. The van der Waals surface area contributed by atoms with E-state index in [0.717, 1.165) is 39.0 Å². The van der Waals surface area contributed by atoms with Gasteiger partial charge in [0.15, 0.2) is 0 Å². The first-order valence-corrected chi connectivity index (χ1v) is 11.9. The molecule has 2 aromatic heterocycles. The van der Waals surface area contributed by atoms with E-state index >= 15 is 0 Å². The minimum atomic E-state index is -1.82. The molecular weight excluding hydrogens is 456 g/mol. The first kappa shape index (κ1) is 25.0. The van der Waals surface area contributed by atoms with Crippen molar-refractivity contribution >= 4 is 44.9 Å². The molecule has 4 heterocycles. The van der Waals surface area contributed by atoms with Crippen molar-refractivity contribution in [1.29, 1.82) is 0 Å². The van der Waals surface area contributed by atoms with E-state index in [-0.39, 0.29) is 0 Å². The molecule has 0 fully saturated rings. The summed E-state index contributed by atoms with van der Waals surface area (Å²) in [4.78, 5) is 24.7. The zero-order chi connectivity index (χ0) is 25.3. The lowest BCUT2D eigenvalue weighted by Crippen LogP contribution is -2.21. The summed E-state index contributed by atoms with van der Waals surface area (Å²) in [7, 11) is 0. The number of H-pyrrole nitrogens is 2. The van der Waals surface area contributed by atoms with Gasteiger partial charge in [0, 0.05) is 47.3 Å². The predicted octanol–water partition coefficient (Wildman–Crippen LogP) is 4.24.